The van der Waals surface area contributed by atoms with Crippen molar-refractivity contribution in [1.29, 1.82) is 0 Å². The van der Waals surface area contributed by atoms with E-state index in [0.717, 1.165) is 0 Å². The first kappa shape index (κ1) is 28.7. The second-order valence-electron chi connectivity index (χ2n) is 8.64. The molecule has 38 heavy (non-hydrogen) atoms. The lowest BCUT2D eigenvalue weighted by atomic mass is 10.1. The molecular formula is C27H36N2O9. The molecule has 0 bridgehead atoms. The fraction of sp³-hybridized carbons (Fsp3) is 0.481. The zero-order valence-electron chi connectivity index (χ0n) is 23.0. The number of esters is 1. The maximum atomic E-state index is 13.2. The Labute approximate surface area is 223 Å². The van der Waals surface area contributed by atoms with Crippen LogP contribution in [0.15, 0.2) is 24.3 Å². The Morgan fingerprint density at radius 2 is 1.11 bits per heavy atom. The van der Waals surface area contributed by atoms with Gasteiger partial charge in [0.1, 0.15) is 6.10 Å². The third-order valence-electron chi connectivity index (χ3n) is 6.30. The molecule has 1 aliphatic heterocycles. The zero-order valence-corrected chi connectivity index (χ0v) is 23.0. The number of hydrogen-bond donors (Lipinski definition) is 0. The second kappa shape index (κ2) is 13.1. The second-order valence-corrected chi connectivity index (χ2v) is 8.64. The zero-order chi connectivity index (χ0) is 27.8. The molecule has 1 saturated heterocycles. The molecule has 0 aromatic heterocycles. The van der Waals surface area contributed by atoms with Gasteiger partial charge < -0.3 is 38.1 Å². The highest BCUT2D eigenvalue weighted by atomic mass is 16.5. The number of methoxy groups -OCH3 is 6. The van der Waals surface area contributed by atoms with E-state index in [1.54, 1.807) is 29.2 Å². The lowest BCUT2D eigenvalue weighted by Gasteiger charge is -2.35. The first-order valence-corrected chi connectivity index (χ1v) is 12.1. The van der Waals surface area contributed by atoms with Crippen molar-refractivity contribution < 1.29 is 42.7 Å². The van der Waals surface area contributed by atoms with Gasteiger partial charge in [-0.2, -0.15) is 0 Å². The number of benzene rings is 2. The van der Waals surface area contributed by atoms with Crippen LogP contribution < -0.4 is 28.4 Å². The van der Waals surface area contributed by atoms with E-state index in [1.165, 1.54) is 42.7 Å². The van der Waals surface area contributed by atoms with Crippen molar-refractivity contribution in [3.05, 3.63) is 35.4 Å². The van der Waals surface area contributed by atoms with Crippen LogP contribution in [0.25, 0.3) is 0 Å². The predicted octanol–water partition coefficient (Wildman–Crippen LogP) is 2.74. The Morgan fingerprint density at radius 1 is 0.684 bits per heavy atom. The fourth-order valence-corrected chi connectivity index (χ4v) is 4.37. The number of piperazine rings is 1. The Kier molecular flexibility index (Phi) is 9.89. The van der Waals surface area contributed by atoms with Crippen LogP contribution >= 0.6 is 0 Å². The quantitative estimate of drug-likeness (QED) is 0.401. The monoisotopic (exact) mass is 532 g/mol. The number of carbonyl (C=O) groups excluding carboxylic acids is 2. The molecule has 1 unspecified atom stereocenters. The molecule has 2 aromatic carbocycles. The van der Waals surface area contributed by atoms with E-state index >= 15 is 0 Å². The van der Waals surface area contributed by atoms with Crippen LogP contribution in [0, 0.1) is 0 Å². The molecule has 1 atom stereocenters. The Balaban J connectivity index is 1.58. The highest BCUT2D eigenvalue weighted by molar-refractivity contribution is 5.95. The van der Waals surface area contributed by atoms with Crippen LogP contribution in [-0.2, 0) is 4.74 Å². The average Bonchev–Trinajstić information content (AvgIpc) is 2.95. The minimum Gasteiger partial charge on any atom is -0.493 e. The van der Waals surface area contributed by atoms with Crippen molar-refractivity contribution in [2.75, 3.05) is 75.4 Å². The highest BCUT2D eigenvalue weighted by Gasteiger charge is 2.26. The van der Waals surface area contributed by atoms with Crippen molar-refractivity contribution >= 4 is 11.9 Å². The molecule has 0 aliphatic carbocycles. The lowest BCUT2D eigenvalue weighted by Crippen LogP contribution is -2.50. The number of carbonyl (C=O) groups is 2. The van der Waals surface area contributed by atoms with Crippen LogP contribution in [0.5, 0.6) is 34.5 Å². The maximum absolute atomic E-state index is 13.2. The van der Waals surface area contributed by atoms with Gasteiger partial charge in [-0.05, 0) is 31.2 Å². The normalized spacial score (nSPS) is 14.3. The summed E-state index contributed by atoms with van der Waals surface area (Å²) in [5, 5.41) is 0. The van der Waals surface area contributed by atoms with Crippen molar-refractivity contribution in [2.24, 2.45) is 0 Å². The van der Waals surface area contributed by atoms with E-state index < -0.39 is 5.97 Å². The van der Waals surface area contributed by atoms with Gasteiger partial charge in [0.2, 0.25) is 11.5 Å². The SMILES string of the molecule is COc1cc(C(=O)OC(C)CN2CCN(C(=O)c3cc(OC)c(OC)c(OC)c3)CC2)cc(OC)c1OC. The predicted molar refractivity (Wildman–Crippen MR) is 139 cm³/mol. The lowest BCUT2D eigenvalue weighted by molar-refractivity contribution is 0.0196. The molecule has 11 nitrogen and oxygen atoms in total. The van der Waals surface area contributed by atoms with Gasteiger partial charge in [-0.3, -0.25) is 9.69 Å². The van der Waals surface area contributed by atoms with Gasteiger partial charge in [-0.25, -0.2) is 4.79 Å². The van der Waals surface area contributed by atoms with Crippen LogP contribution in [0.4, 0.5) is 0 Å². The standard InChI is InChI=1S/C27H36N2O9/c1-17(38-27(31)19-14-22(34-4)25(37-7)23(15-19)35-5)16-28-8-10-29(11-9-28)26(30)18-12-20(32-2)24(36-6)21(13-18)33-3/h12-15,17H,8-11,16H2,1-7H3. The van der Waals surface area contributed by atoms with E-state index in [0.29, 0.717) is 78.3 Å². The van der Waals surface area contributed by atoms with Crippen molar-refractivity contribution in [3.63, 3.8) is 0 Å². The van der Waals surface area contributed by atoms with Crippen LogP contribution in [-0.4, -0.2) is 103 Å². The molecule has 0 spiro atoms. The van der Waals surface area contributed by atoms with Crippen molar-refractivity contribution in [3.8, 4) is 34.5 Å². The molecule has 1 aliphatic rings. The minimum absolute atomic E-state index is 0.120. The van der Waals surface area contributed by atoms with Crippen LogP contribution in [0.1, 0.15) is 27.6 Å². The number of hydrogen-bond acceptors (Lipinski definition) is 10. The third kappa shape index (κ3) is 6.34. The summed E-state index contributed by atoms with van der Waals surface area (Å²) < 4.78 is 37.7. The molecule has 11 heteroatoms. The van der Waals surface area contributed by atoms with E-state index in [9.17, 15) is 9.59 Å². The first-order chi connectivity index (χ1) is 18.3. The molecule has 3 rings (SSSR count). The molecule has 1 amide bonds. The van der Waals surface area contributed by atoms with Crippen LogP contribution in [0.2, 0.25) is 0 Å². The number of amides is 1. The first-order valence-electron chi connectivity index (χ1n) is 12.1. The van der Waals surface area contributed by atoms with Gasteiger partial charge in [0.05, 0.1) is 48.2 Å². The Bertz CT molecular complexity index is 1080. The Morgan fingerprint density at radius 3 is 1.50 bits per heavy atom. The topological polar surface area (TPSA) is 105 Å². The summed E-state index contributed by atoms with van der Waals surface area (Å²) in [4.78, 5) is 29.9. The molecule has 2 aromatic rings. The molecule has 0 N–H and O–H groups in total. The van der Waals surface area contributed by atoms with E-state index in [2.05, 4.69) is 4.90 Å². The molecule has 0 saturated carbocycles. The largest absolute Gasteiger partial charge is 0.493 e. The van der Waals surface area contributed by atoms with Gasteiger partial charge in [-0.1, -0.05) is 0 Å². The summed E-state index contributed by atoms with van der Waals surface area (Å²) in [7, 11) is 9.02. The smallest absolute Gasteiger partial charge is 0.338 e. The van der Waals surface area contributed by atoms with Gasteiger partial charge in [0.25, 0.3) is 5.91 Å². The number of nitrogens with zero attached hydrogens (tertiary/aromatic N) is 2. The van der Waals surface area contributed by atoms with E-state index in [-0.39, 0.29) is 12.0 Å². The van der Waals surface area contributed by atoms with Gasteiger partial charge in [0.15, 0.2) is 23.0 Å². The van der Waals surface area contributed by atoms with Gasteiger partial charge >= 0.3 is 5.97 Å². The van der Waals surface area contributed by atoms with E-state index in [1.807, 2.05) is 6.92 Å². The van der Waals surface area contributed by atoms with Gasteiger partial charge in [-0.15, -0.1) is 0 Å². The molecule has 208 valence electrons. The summed E-state index contributed by atoms with van der Waals surface area (Å²) >= 11 is 0. The molecule has 0 radical (unpaired) electrons. The molecular weight excluding hydrogens is 496 g/mol. The summed E-state index contributed by atoms with van der Waals surface area (Å²) in [5.74, 6) is 1.83. The number of rotatable bonds is 11. The summed E-state index contributed by atoms with van der Waals surface area (Å²) in [6.45, 7) is 4.71. The summed E-state index contributed by atoms with van der Waals surface area (Å²) in [6.07, 6.45) is -0.376. The Hall–Kier alpha value is -3.86. The van der Waals surface area contributed by atoms with Crippen LogP contribution in [0.3, 0.4) is 0 Å². The highest BCUT2D eigenvalue weighted by Crippen LogP contribution is 2.39. The third-order valence-corrected chi connectivity index (χ3v) is 6.30. The molecule has 1 fully saturated rings. The van der Waals surface area contributed by atoms with Gasteiger partial charge in [0, 0.05) is 38.3 Å². The average molecular weight is 533 g/mol. The van der Waals surface area contributed by atoms with Crippen molar-refractivity contribution in [2.45, 2.75) is 13.0 Å². The fourth-order valence-electron chi connectivity index (χ4n) is 4.37. The maximum Gasteiger partial charge on any atom is 0.338 e. The summed E-state index contributed by atoms with van der Waals surface area (Å²) in [6, 6.07) is 6.43. The molecule has 1 heterocycles. The minimum atomic E-state index is -0.493. The van der Waals surface area contributed by atoms with Crippen molar-refractivity contribution in [1.82, 2.24) is 9.80 Å². The number of ether oxygens (including phenoxy) is 7. The van der Waals surface area contributed by atoms with E-state index in [4.69, 9.17) is 33.2 Å². The summed E-state index contributed by atoms with van der Waals surface area (Å²) in [5.41, 5.74) is 0.757.